The summed E-state index contributed by atoms with van der Waals surface area (Å²) in [4.78, 5) is 11.6. The lowest BCUT2D eigenvalue weighted by Gasteiger charge is -2.24. The van der Waals surface area contributed by atoms with Gasteiger partial charge in [0.2, 0.25) is 10.0 Å². The molecule has 1 atom stereocenters. The largest absolute Gasteiger partial charge is 0.490 e. The normalized spacial score (nSPS) is 12.5. The summed E-state index contributed by atoms with van der Waals surface area (Å²) in [7, 11) is -2.55. The number of carbonyl (C=O) groups excluding carboxylic acids is 1. The molecule has 0 saturated carbocycles. The second-order valence-electron chi connectivity index (χ2n) is 6.93. The number of nitrogens with one attached hydrogen (secondary N) is 1. The van der Waals surface area contributed by atoms with Gasteiger partial charge in [-0.05, 0) is 61.7 Å². The van der Waals surface area contributed by atoms with Gasteiger partial charge in [-0.2, -0.15) is 0 Å². The minimum atomic E-state index is -3.82. The van der Waals surface area contributed by atoms with E-state index in [-0.39, 0.29) is 16.4 Å². The van der Waals surface area contributed by atoms with E-state index in [4.69, 9.17) is 9.47 Å². The average molecular weight is 436 g/mol. The smallest absolute Gasteiger partial charge is 0.337 e. The van der Waals surface area contributed by atoms with Gasteiger partial charge < -0.3 is 14.2 Å². The third-order valence-corrected chi connectivity index (χ3v) is 5.92. The van der Waals surface area contributed by atoms with Gasteiger partial charge in [-0.15, -0.1) is 0 Å². The fraction of sp³-hybridized carbons (Fsp3) is 0.409. The Labute approximate surface area is 178 Å². The van der Waals surface area contributed by atoms with Crippen molar-refractivity contribution in [3.05, 3.63) is 53.6 Å². The van der Waals surface area contributed by atoms with E-state index in [1.54, 1.807) is 6.07 Å². The molecule has 0 amide bonds. The second-order valence-corrected chi connectivity index (χ2v) is 8.65. The molecular formula is C22H29NO6S. The number of benzene rings is 2. The predicted molar refractivity (Wildman–Crippen MR) is 114 cm³/mol. The summed E-state index contributed by atoms with van der Waals surface area (Å²) in [6.45, 7) is 8.60. The first kappa shape index (κ1) is 23.7. The van der Waals surface area contributed by atoms with Crippen LogP contribution < -0.4 is 14.2 Å². The Kier molecular flexibility index (Phi) is 8.25. The molecule has 164 valence electrons. The van der Waals surface area contributed by atoms with Crippen molar-refractivity contribution in [2.45, 2.75) is 38.6 Å². The molecule has 0 aliphatic rings. The molecule has 0 aliphatic carbocycles. The maximum absolute atomic E-state index is 13.0. The summed E-state index contributed by atoms with van der Waals surface area (Å²) in [6, 6.07) is 10.6. The van der Waals surface area contributed by atoms with E-state index in [0.29, 0.717) is 24.7 Å². The van der Waals surface area contributed by atoms with Crippen LogP contribution in [-0.2, 0) is 14.8 Å². The molecule has 0 aromatic heterocycles. The van der Waals surface area contributed by atoms with E-state index in [2.05, 4.69) is 9.46 Å². The van der Waals surface area contributed by atoms with E-state index in [0.717, 1.165) is 5.56 Å². The maximum Gasteiger partial charge on any atom is 0.337 e. The van der Waals surface area contributed by atoms with Crippen molar-refractivity contribution >= 4 is 16.0 Å². The zero-order valence-electron chi connectivity index (χ0n) is 18.0. The van der Waals surface area contributed by atoms with Crippen LogP contribution in [0.15, 0.2) is 47.4 Å². The summed E-state index contributed by atoms with van der Waals surface area (Å²) in [5.41, 5.74) is 1.05. The highest BCUT2D eigenvalue weighted by molar-refractivity contribution is 7.89. The van der Waals surface area contributed by atoms with Crippen molar-refractivity contribution in [1.82, 2.24) is 4.72 Å². The number of esters is 1. The van der Waals surface area contributed by atoms with Crippen molar-refractivity contribution in [3.8, 4) is 11.5 Å². The van der Waals surface area contributed by atoms with Crippen molar-refractivity contribution < 1.29 is 27.4 Å². The Morgan fingerprint density at radius 1 is 0.967 bits per heavy atom. The third kappa shape index (κ3) is 5.73. The second kappa shape index (κ2) is 10.4. The van der Waals surface area contributed by atoms with E-state index in [1.807, 2.05) is 39.8 Å². The first-order valence-electron chi connectivity index (χ1n) is 9.83. The van der Waals surface area contributed by atoms with Crippen LogP contribution in [-0.4, -0.2) is 34.7 Å². The molecule has 0 spiro atoms. The van der Waals surface area contributed by atoms with E-state index in [1.165, 1.54) is 31.4 Å². The van der Waals surface area contributed by atoms with Crippen molar-refractivity contribution in [3.63, 3.8) is 0 Å². The number of ether oxygens (including phenoxy) is 3. The SMILES string of the molecule is CCOc1ccc(C(NS(=O)(=O)c2ccc(C(=O)OC)cc2)C(C)C)cc1OCC. The van der Waals surface area contributed by atoms with Crippen LogP contribution in [0.5, 0.6) is 11.5 Å². The number of methoxy groups -OCH3 is 1. The Bertz CT molecular complexity index is 954. The van der Waals surface area contributed by atoms with Crippen LogP contribution in [0.2, 0.25) is 0 Å². The molecule has 0 aliphatic heterocycles. The monoisotopic (exact) mass is 435 g/mol. The molecule has 0 fully saturated rings. The van der Waals surface area contributed by atoms with Crippen LogP contribution in [0, 0.1) is 5.92 Å². The van der Waals surface area contributed by atoms with Crippen LogP contribution in [0.3, 0.4) is 0 Å². The molecule has 2 aromatic rings. The predicted octanol–water partition coefficient (Wildman–Crippen LogP) is 3.95. The van der Waals surface area contributed by atoms with Crippen LogP contribution in [0.1, 0.15) is 49.7 Å². The highest BCUT2D eigenvalue weighted by Crippen LogP contribution is 2.33. The van der Waals surface area contributed by atoms with Gasteiger partial charge in [0.25, 0.3) is 0 Å². The van der Waals surface area contributed by atoms with Gasteiger partial charge in [-0.25, -0.2) is 17.9 Å². The van der Waals surface area contributed by atoms with Gasteiger partial charge in [0.05, 0.1) is 30.8 Å². The summed E-state index contributed by atoms with van der Waals surface area (Å²) in [5, 5.41) is 0. The van der Waals surface area contributed by atoms with Crippen molar-refractivity contribution in [1.29, 1.82) is 0 Å². The lowest BCUT2D eigenvalue weighted by atomic mass is 9.97. The molecule has 0 bridgehead atoms. The fourth-order valence-corrected chi connectivity index (χ4v) is 4.35. The molecule has 0 heterocycles. The molecule has 30 heavy (non-hydrogen) atoms. The minimum Gasteiger partial charge on any atom is -0.490 e. The van der Waals surface area contributed by atoms with Gasteiger partial charge in [0, 0.05) is 6.04 Å². The van der Waals surface area contributed by atoms with Crippen LogP contribution >= 0.6 is 0 Å². The number of carbonyl (C=O) groups is 1. The van der Waals surface area contributed by atoms with Gasteiger partial charge in [-0.1, -0.05) is 19.9 Å². The molecule has 2 aromatic carbocycles. The Morgan fingerprint density at radius 2 is 1.57 bits per heavy atom. The van der Waals surface area contributed by atoms with Gasteiger partial charge in [-0.3, -0.25) is 0 Å². The van der Waals surface area contributed by atoms with Gasteiger partial charge in [0.1, 0.15) is 0 Å². The zero-order valence-corrected chi connectivity index (χ0v) is 18.8. The van der Waals surface area contributed by atoms with E-state index in [9.17, 15) is 13.2 Å². The Balaban J connectivity index is 2.34. The highest BCUT2D eigenvalue weighted by Gasteiger charge is 2.25. The molecule has 1 unspecified atom stereocenters. The summed E-state index contributed by atoms with van der Waals surface area (Å²) < 4.78 is 44.6. The van der Waals surface area contributed by atoms with E-state index < -0.39 is 22.0 Å². The van der Waals surface area contributed by atoms with Crippen LogP contribution in [0.4, 0.5) is 0 Å². The molecule has 0 radical (unpaired) electrons. The number of sulfonamides is 1. The molecule has 0 saturated heterocycles. The first-order valence-corrected chi connectivity index (χ1v) is 11.3. The molecular weight excluding hydrogens is 406 g/mol. The minimum absolute atomic E-state index is 0.0264. The molecule has 7 nitrogen and oxygen atoms in total. The summed E-state index contributed by atoms with van der Waals surface area (Å²) in [5.74, 6) is 0.641. The average Bonchev–Trinajstić information content (AvgIpc) is 2.73. The van der Waals surface area contributed by atoms with Gasteiger partial charge in [0.15, 0.2) is 11.5 Å². The molecule has 1 N–H and O–H groups in total. The summed E-state index contributed by atoms with van der Waals surface area (Å²) >= 11 is 0. The van der Waals surface area contributed by atoms with Crippen LogP contribution in [0.25, 0.3) is 0 Å². The number of hydrogen-bond acceptors (Lipinski definition) is 6. The lowest BCUT2D eigenvalue weighted by Crippen LogP contribution is -2.32. The number of hydrogen-bond donors (Lipinski definition) is 1. The fourth-order valence-electron chi connectivity index (χ4n) is 2.97. The first-order chi connectivity index (χ1) is 14.2. The van der Waals surface area contributed by atoms with Gasteiger partial charge >= 0.3 is 5.97 Å². The highest BCUT2D eigenvalue weighted by atomic mass is 32.2. The lowest BCUT2D eigenvalue weighted by molar-refractivity contribution is 0.0600. The van der Waals surface area contributed by atoms with Crippen molar-refractivity contribution in [2.75, 3.05) is 20.3 Å². The number of rotatable bonds is 10. The Morgan fingerprint density at radius 3 is 2.10 bits per heavy atom. The zero-order chi connectivity index (χ0) is 22.3. The third-order valence-electron chi connectivity index (χ3n) is 4.46. The molecule has 2 rings (SSSR count). The Hall–Kier alpha value is -2.58. The molecule has 8 heteroatoms. The standard InChI is InChI=1S/C22H29NO6S/c1-6-28-19-13-10-17(14-20(19)29-7-2)21(15(3)4)23-30(25,26)18-11-8-16(9-12-18)22(24)27-5/h8-15,21,23H,6-7H2,1-5H3. The maximum atomic E-state index is 13.0. The van der Waals surface area contributed by atoms with E-state index >= 15 is 0 Å². The van der Waals surface area contributed by atoms with Crippen molar-refractivity contribution in [2.24, 2.45) is 5.92 Å². The quantitative estimate of drug-likeness (QED) is 0.569. The summed E-state index contributed by atoms with van der Waals surface area (Å²) in [6.07, 6.45) is 0. The topological polar surface area (TPSA) is 90.9 Å².